The number of carbonyl (C=O) groups is 1. The van der Waals surface area contributed by atoms with Gasteiger partial charge in [0.15, 0.2) is 0 Å². The van der Waals surface area contributed by atoms with Crippen molar-refractivity contribution in [2.75, 3.05) is 18.4 Å². The number of rotatable bonds is 2. The number of hydrogen-bond donors (Lipinski definition) is 3. The highest BCUT2D eigenvalue weighted by molar-refractivity contribution is 5.89. The molecule has 1 aliphatic heterocycles. The highest BCUT2D eigenvalue weighted by Crippen LogP contribution is 2.17. The summed E-state index contributed by atoms with van der Waals surface area (Å²) >= 11 is 0. The molecule has 1 heterocycles. The first kappa shape index (κ1) is 12.9. The van der Waals surface area contributed by atoms with E-state index in [1.165, 1.54) is 0 Å². The molecule has 2 atom stereocenters. The number of likely N-dealkylation sites (tertiary alicyclic amines) is 1. The Kier molecular flexibility index (Phi) is 3.84. The summed E-state index contributed by atoms with van der Waals surface area (Å²) in [6.45, 7) is 2.90. The quantitative estimate of drug-likeness (QED) is 0.739. The van der Waals surface area contributed by atoms with Crippen molar-refractivity contribution < 1.29 is 9.90 Å². The summed E-state index contributed by atoms with van der Waals surface area (Å²) < 4.78 is 0. The average molecular weight is 249 g/mol. The molecule has 18 heavy (non-hydrogen) atoms. The molecule has 2 rings (SSSR count). The number of aliphatic hydroxyl groups is 1. The van der Waals surface area contributed by atoms with Gasteiger partial charge in [0, 0.05) is 24.8 Å². The van der Waals surface area contributed by atoms with Crippen LogP contribution in [0, 0.1) is 0 Å². The van der Waals surface area contributed by atoms with Crippen LogP contribution in [0.2, 0.25) is 0 Å². The van der Waals surface area contributed by atoms with Crippen LogP contribution in [0.15, 0.2) is 24.3 Å². The fourth-order valence-corrected chi connectivity index (χ4v) is 2.03. The van der Waals surface area contributed by atoms with Crippen LogP contribution < -0.4 is 11.1 Å². The molecular formula is C13H19N3O2. The van der Waals surface area contributed by atoms with Crippen LogP contribution >= 0.6 is 0 Å². The number of hydrogen-bond acceptors (Lipinski definition) is 3. The summed E-state index contributed by atoms with van der Waals surface area (Å²) in [7, 11) is 0. The molecule has 1 aromatic rings. The largest absolute Gasteiger partial charge is 0.391 e. The minimum absolute atomic E-state index is 0.0598. The van der Waals surface area contributed by atoms with E-state index in [-0.39, 0.29) is 12.1 Å². The molecule has 0 aromatic heterocycles. The molecule has 0 radical (unpaired) electrons. The summed E-state index contributed by atoms with van der Waals surface area (Å²) in [5.41, 5.74) is 7.51. The van der Waals surface area contributed by atoms with Gasteiger partial charge >= 0.3 is 6.03 Å². The van der Waals surface area contributed by atoms with Crippen molar-refractivity contribution in [2.45, 2.75) is 25.5 Å². The number of nitrogens with two attached hydrogens (primary N) is 1. The Morgan fingerprint density at radius 1 is 1.61 bits per heavy atom. The van der Waals surface area contributed by atoms with Crippen LogP contribution in [-0.4, -0.2) is 35.2 Å². The Balaban J connectivity index is 2.00. The lowest BCUT2D eigenvalue weighted by Crippen LogP contribution is -2.33. The SMILES string of the molecule is CC(N)c1cccc(NC(=O)N2CCC(O)C2)c1. The molecule has 98 valence electrons. The zero-order chi connectivity index (χ0) is 13.1. The molecule has 0 aliphatic carbocycles. The monoisotopic (exact) mass is 249 g/mol. The molecule has 2 unspecified atom stereocenters. The van der Waals surface area contributed by atoms with Crippen LogP contribution in [0.1, 0.15) is 24.9 Å². The molecule has 1 aromatic carbocycles. The normalized spacial score (nSPS) is 20.8. The standard InChI is InChI=1S/C13H19N3O2/c1-9(14)10-3-2-4-11(7-10)15-13(18)16-6-5-12(17)8-16/h2-4,7,9,12,17H,5-6,8,14H2,1H3,(H,15,18). The first-order valence-corrected chi connectivity index (χ1v) is 6.16. The van der Waals surface area contributed by atoms with Gasteiger partial charge in [-0.15, -0.1) is 0 Å². The Morgan fingerprint density at radius 3 is 3.00 bits per heavy atom. The van der Waals surface area contributed by atoms with Crippen molar-refractivity contribution in [3.05, 3.63) is 29.8 Å². The van der Waals surface area contributed by atoms with E-state index in [1.807, 2.05) is 31.2 Å². The molecule has 1 aliphatic rings. The van der Waals surface area contributed by atoms with Gasteiger partial charge in [-0.2, -0.15) is 0 Å². The third kappa shape index (κ3) is 3.00. The van der Waals surface area contributed by atoms with Gasteiger partial charge in [-0.1, -0.05) is 12.1 Å². The lowest BCUT2D eigenvalue weighted by Gasteiger charge is -2.17. The van der Waals surface area contributed by atoms with Crippen LogP contribution in [0.5, 0.6) is 0 Å². The van der Waals surface area contributed by atoms with Crippen molar-refractivity contribution in [1.82, 2.24) is 4.90 Å². The first-order chi connectivity index (χ1) is 8.56. The van der Waals surface area contributed by atoms with Crippen molar-refractivity contribution in [3.63, 3.8) is 0 Å². The third-order valence-corrected chi connectivity index (χ3v) is 3.11. The summed E-state index contributed by atoms with van der Waals surface area (Å²) in [4.78, 5) is 13.5. The van der Waals surface area contributed by atoms with E-state index in [0.717, 1.165) is 11.3 Å². The number of β-amino-alcohol motifs (C(OH)–C–C–N with tert-alkyl or cyclic N) is 1. The second-order valence-corrected chi connectivity index (χ2v) is 4.73. The van der Waals surface area contributed by atoms with E-state index < -0.39 is 6.10 Å². The molecular weight excluding hydrogens is 230 g/mol. The highest BCUT2D eigenvalue weighted by Gasteiger charge is 2.24. The molecule has 0 bridgehead atoms. The fourth-order valence-electron chi connectivity index (χ4n) is 2.03. The third-order valence-electron chi connectivity index (χ3n) is 3.11. The van der Waals surface area contributed by atoms with E-state index in [4.69, 9.17) is 5.73 Å². The van der Waals surface area contributed by atoms with Gasteiger partial charge < -0.3 is 21.1 Å². The summed E-state index contributed by atoms with van der Waals surface area (Å²) in [5, 5.41) is 12.2. The maximum absolute atomic E-state index is 11.9. The topological polar surface area (TPSA) is 78.6 Å². The number of aliphatic hydroxyl groups excluding tert-OH is 1. The van der Waals surface area contributed by atoms with Crippen LogP contribution in [0.25, 0.3) is 0 Å². The zero-order valence-corrected chi connectivity index (χ0v) is 10.5. The van der Waals surface area contributed by atoms with Gasteiger partial charge in [-0.05, 0) is 31.0 Å². The molecule has 0 saturated carbocycles. The number of nitrogens with zero attached hydrogens (tertiary/aromatic N) is 1. The number of urea groups is 1. The lowest BCUT2D eigenvalue weighted by molar-refractivity contribution is 0.176. The van der Waals surface area contributed by atoms with Crippen molar-refractivity contribution in [3.8, 4) is 0 Å². The van der Waals surface area contributed by atoms with E-state index in [9.17, 15) is 9.90 Å². The van der Waals surface area contributed by atoms with Gasteiger partial charge in [0.2, 0.25) is 0 Å². The summed E-state index contributed by atoms with van der Waals surface area (Å²) in [5.74, 6) is 0. The maximum Gasteiger partial charge on any atom is 0.321 e. The van der Waals surface area contributed by atoms with Crippen LogP contribution in [-0.2, 0) is 0 Å². The summed E-state index contributed by atoms with van der Waals surface area (Å²) in [6.07, 6.45) is 0.249. The van der Waals surface area contributed by atoms with E-state index in [1.54, 1.807) is 4.90 Å². The second kappa shape index (κ2) is 5.37. The molecule has 4 N–H and O–H groups in total. The molecule has 0 spiro atoms. The number of amides is 2. The molecule has 1 saturated heterocycles. The number of carbonyl (C=O) groups excluding carboxylic acids is 1. The average Bonchev–Trinajstić information content (AvgIpc) is 2.76. The number of anilines is 1. The predicted octanol–water partition coefficient (Wildman–Crippen LogP) is 1.30. The Hall–Kier alpha value is -1.59. The smallest absolute Gasteiger partial charge is 0.321 e. The van der Waals surface area contributed by atoms with Crippen molar-refractivity contribution in [2.24, 2.45) is 5.73 Å². The minimum Gasteiger partial charge on any atom is -0.391 e. The Bertz CT molecular complexity index is 434. The van der Waals surface area contributed by atoms with Gasteiger partial charge in [-0.3, -0.25) is 0 Å². The molecule has 5 heteroatoms. The van der Waals surface area contributed by atoms with E-state index in [2.05, 4.69) is 5.32 Å². The summed E-state index contributed by atoms with van der Waals surface area (Å²) in [6, 6.07) is 7.27. The zero-order valence-electron chi connectivity index (χ0n) is 10.5. The first-order valence-electron chi connectivity index (χ1n) is 6.16. The minimum atomic E-state index is -0.397. The lowest BCUT2D eigenvalue weighted by atomic mass is 10.1. The van der Waals surface area contributed by atoms with Crippen molar-refractivity contribution in [1.29, 1.82) is 0 Å². The van der Waals surface area contributed by atoms with Gasteiger partial charge in [-0.25, -0.2) is 4.79 Å². The van der Waals surface area contributed by atoms with Crippen LogP contribution in [0.4, 0.5) is 10.5 Å². The molecule has 2 amide bonds. The number of nitrogens with one attached hydrogen (secondary N) is 1. The Labute approximate surface area is 107 Å². The van der Waals surface area contributed by atoms with Crippen LogP contribution in [0.3, 0.4) is 0 Å². The maximum atomic E-state index is 11.9. The van der Waals surface area contributed by atoms with Gasteiger partial charge in [0.1, 0.15) is 0 Å². The predicted molar refractivity (Wildman–Crippen MR) is 70.3 cm³/mol. The van der Waals surface area contributed by atoms with Gasteiger partial charge in [0.25, 0.3) is 0 Å². The Morgan fingerprint density at radius 2 is 2.39 bits per heavy atom. The second-order valence-electron chi connectivity index (χ2n) is 4.73. The van der Waals surface area contributed by atoms with E-state index in [0.29, 0.717) is 19.5 Å². The van der Waals surface area contributed by atoms with E-state index >= 15 is 0 Å². The number of benzene rings is 1. The van der Waals surface area contributed by atoms with Gasteiger partial charge in [0.05, 0.1) is 6.10 Å². The highest BCUT2D eigenvalue weighted by atomic mass is 16.3. The van der Waals surface area contributed by atoms with Crippen molar-refractivity contribution >= 4 is 11.7 Å². The fraction of sp³-hybridized carbons (Fsp3) is 0.462. The molecule has 5 nitrogen and oxygen atoms in total. The molecule has 1 fully saturated rings.